The Morgan fingerprint density at radius 2 is 2.20 bits per heavy atom. The van der Waals surface area contributed by atoms with Gasteiger partial charge in [0.1, 0.15) is 12.7 Å². The van der Waals surface area contributed by atoms with E-state index < -0.39 is 35.9 Å². The Hall–Kier alpha value is -2.95. The number of H-pyrrole nitrogens is 1. The lowest BCUT2D eigenvalue weighted by atomic mass is 10.2. The number of fused-ring (bicyclic) bond motifs is 1. The quantitative estimate of drug-likeness (QED) is 0.693. The lowest BCUT2D eigenvalue weighted by molar-refractivity contribution is -0.152. The van der Waals surface area contributed by atoms with Crippen molar-refractivity contribution in [2.75, 3.05) is 12.3 Å². The molecule has 25 heavy (non-hydrogen) atoms. The molecule has 0 bridgehead atoms. The van der Waals surface area contributed by atoms with Crippen LogP contribution in [0.2, 0.25) is 0 Å². The third-order valence-corrected chi connectivity index (χ3v) is 3.66. The van der Waals surface area contributed by atoms with Crippen LogP contribution in [-0.4, -0.2) is 50.3 Å². The molecule has 0 spiro atoms. The molecule has 2 unspecified atom stereocenters. The lowest BCUT2D eigenvalue weighted by Gasteiger charge is -2.19. The van der Waals surface area contributed by atoms with Gasteiger partial charge in [-0.3, -0.25) is 23.9 Å². The number of carbonyl (C=O) groups is 2. The van der Waals surface area contributed by atoms with Crippen LogP contribution in [0.4, 0.5) is 5.95 Å². The van der Waals surface area contributed by atoms with Crippen molar-refractivity contribution < 1.29 is 23.8 Å². The number of carbonyl (C=O) groups excluding carboxylic acids is 2. The van der Waals surface area contributed by atoms with Gasteiger partial charge in [0, 0.05) is 20.3 Å². The second-order valence-corrected chi connectivity index (χ2v) is 5.61. The van der Waals surface area contributed by atoms with Gasteiger partial charge in [0.05, 0.1) is 12.4 Å². The molecule has 3 N–H and O–H groups in total. The number of anilines is 1. The molecule has 3 rings (SSSR count). The topological polar surface area (TPSA) is 151 Å². The summed E-state index contributed by atoms with van der Waals surface area (Å²) < 4.78 is 17.6. The van der Waals surface area contributed by atoms with Gasteiger partial charge in [-0.15, -0.1) is 0 Å². The molecule has 1 fully saturated rings. The minimum absolute atomic E-state index is 0.0202. The predicted octanol–water partition coefficient (Wildman–Crippen LogP) is -0.516. The fraction of sp³-hybridized carbons (Fsp3) is 0.500. The molecule has 3 atom stereocenters. The highest BCUT2D eigenvalue weighted by Gasteiger charge is 2.40. The molecule has 3 heterocycles. The molecule has 0 amide bonds. The Bertz CT molecular complexity index is 874. The first-order valence-electron chi connectivity index (χ1n) is 7.53. The van der Waals surface area contributed by atoms with Crippen LogP contribution in [0.15, 0.2) is 11.1 Å². The number of hydrogen-bond donors (Lipinski definition) is 2. The molecule has 11 nitrogen and oxygen atoms in total. The Morgan fingerprint density at radius 1 is 1.44 bits per heavy atom. The van der Waals surface area contributed by atoms with Crippen molar-refractivity contribution in [3.05, 3.63) is 16.7 Å². The second kappa shape index (κ2) is 6.51. The third kappa shape index (κ3) is 3.45. The normalized spacial score (nSPS) is 22.9. The van der Waals surface area contributed by atoms with E-state index >= 15 is 0 Å². The molecular weight excluding hydrogens is 334 g/mol. The summed E-state index contributed by atoms with van der Waals surface area (Å²) in [6.45, 7) is 2.59. The van der Waals surface area contributed by atoms with E-state index in [1.54, 1.807) is 0 Å². The van der Waals surface area contributed by atoms with Crippen molar-refractivity contribution in [1.29, 1.82) is 0 Å². The maximum absolute atomic E-state index is 11.9. The molecule has 134 valence electrons. The second-order valence-electron chi connectivity index (χ2n) is 5.61. The van der Waals surface area contributed by atoms with Crippen molar-refractivity contribution >= 4 is 29.1 Å². The number of nitrogens with two attached hydrogens (primary N) is 1. The largest absolute Gasteiger partial charge is 0.463 e. The number of imidazole rings is 1. The van der Waals surface area contributed by atoms with Gasteiger partial charge in [-0.2, -0.15) is 4.98 Å². The molecule has 11 heteroatoms. The van der Waals surface area contributed by atoms with Gasteiger partial charge in [0.25, 0.3) is 5.56 Å². The average molecular weight is 351 g/mol. The Morgan fingerprint density at radius 3 is 2.88 bits per heavy atom. The first-order chi connectivity index (χ1) is 11.8. The minimum atomic E-state index is -0.775. The van der Waals surface area contributed by atoms with Gasteiger partial charge in [-0.25, -0.2) is 4.98 Å². The number of rotatable bonds is 4. The fourth-order valence-electron chi connectivity index (χ4n) is 2.73. The first kappa shape index (κ1) is 16.9. The van der Waals surface area contributed by atoms with Crippen LogP contribution < -0.4 is 11.3 Å². The van der Waals surface area contributed by atoms with Gasteiger partial charge in [-0.05, 0) is 0 Å². The zero-order chi connectivity index (χ0) is 18.1. The summed E-state index contributed by atoms with van der Waals surface area (Å²) >= 11 is 0. The monoisotopic (exact) mass is 351 g/mol. The minimum Gasteiger partial charge on any atom is -0.463 e. The zero-order valence-electron chi connectivity index (χ0n) is 13.6. The summed E-state index contributed by atoms with van der Waals surface area (Å²) in [6, 6.07) is 0. The number of nitrogen functional groups attached to an aromatic ring is 1. The summed E-state index contributed by atoms with van der Waals surface area (Å²) in [6.07, 6.45) is -0.228. The van der Waals surface area contributed by atoms with Gasteiger partial charge in [0.15, 0.2) is 17.4 Å². The van der Waals surface area contributed by atoms with E-state index in [0.29, 0.717) is 6.42 Å². The molecule has 0 aromatic carbocycles. The molecule has 0 saturated carbocycles. The third-order valence-electron chi connectivity index (χ3n) is 3.66. The van der Waals surface area contributed by atoms with Crippen LogP contribution in [0.25, 0.3) is 11.2 Å². The summed E-state index contributed by atoms with van der Waals surface area (Å²) in [4.78, 5) is 44.7. The van der Waals surface area contributed by atoms with Gasteiger partial charge < -0.3 is 19.9 Å². The molecular formula is C14H17N5O6. The molecule has 2 aromatic heterocycles. The number of aromatic nitrogens is 4. The van der Waals surface area contributed by atoms with Gasteiger partial charge >= 0.3 is 11.9 Å². The number of nitrogens with one attached hydrogen (secondary N) is 1. The summed E-state index contributed by atoms with van der Waals surface area (Å²) in [7, 11) is 0. The van der Waals surface area contributed by atoms with Gasteiger partial charge in [-0.1, -0.05) is 0 Å². The number of ether oxygens (including phenoxy) is 3. The van der Waals surface area contributed by atoms with Crippen LogP contribution in [0.1, 0.15) is 26.5 Å². The molecule has 1 saturated heterocycles. The Kier molecular flexibility index (Phi) is 4.40. The molecule has 1 aliphatic rings. The number of nitrogens with zero attached hydrogens (tertiary/aromatic N) is 3. The number of esters is 2. The van der Waals surface area contributed by atoms with E-state index in [1.807, 2.05) is 0 Å². The van der Waals surface area contributed by atoms with Crippen molar-refractivity contribution in [3.8, 4) is 0 Å². The van der Waals surface area contributed by atoms with Crippen molar-refractivity contribution in [2.24, 2.45) is 0 Å². The van der Waals surface area contributed by atoms with Crippen molar-refractivity contribution in [1.82, 2.24) is 19.5 Å². The Labute approximate surface area is 141 Å². The maximum atomic E-state index is 11.9. The number of hydrogen-bond acceptors (Lipinski definition) is 9. The smallest absolute Gasteiger partial charge is 0.303 e. The van der Waals surface area contributed by atoms with E-state index in [-0.39, 0.29) is 23.7 Å². The molecule has 0 radical (unpaired) electrons. The van der Waals surface area contributed by atoms with Crippen molar-refractivity contribution in [2.45, 2.75) is 38.7 Å². The van der Waals surface area contributed by atoms with E-state index in [0.717, 1.165) is 0 Å². The highest BCUT2D eigenvalue weighted by atomic mass is 16.6. The Balaban J connectivity index is 1.93. The van der Waals surface area contributed by atoms with E-state index in [2.05, 4.69) is 15.0 Å². The van der Waals surface area contributed by atoms with E-state index in [4.69, 9.17) is 19.9 Å². The van der Waals surface area contributed by atoms with Crippen LogP contribution in [0.3, 0.4) is 0 Å². The zero-order valence-corrected chi connectivity index (χ0v) is 13.6. The van der Waals surface area contributed by atoms with Crippen molar-refractivity contribution in [3.63, 3.8) is 0 Å². The maximum Gasteiger partial charge on any atom is 0.303 e. The highest BCUT2D eigenvalue weighted by Crippen LogP contribution is 2.33. The molecule has 1 aliphatic heterocycles. The lowest BCUT2D eigenvalue weighted by Crippen LogP contribution is -2.25. The standard InChI is InChI=1S/C14H17N5O6/c1-6(20)23-4-8-3-9(24-7(2)21)13(25-8)19-5-16-10-11(19)17-14(15)18-12(10)22/h5,8-9,13H,3-4H2,1-2H3,(H3,15,17,18,22)/t8?,9-,13?/m1/s1. The summed E-state index contributed by atoms with van der Waals surface area (Å²) in [5, 5.41) is 0. The first-order valence-corrected chi connectivity index (χ1v) is 7.53. The van der Waals surface area contributed by atoms with E-state index in [9.17, 15) is 14.4 Å². The van der Waals surface area contributed by atoms with Crippen LogP contribution in [0.5, 0.6) is 0 Å². The molecule has 0 aliphatic carbocycles. The van der Waals surface area contributed by atoms with Crippen LogP contribution in [-0.2, 0) is 23.8 Å². The van der Waals surface area contributed by atoms with Crippen LogP contribution in [0, 0.1) is 0 Å². The summed E-state index contributed by atoms with van der Waals surface area (Å²) in [5.41, 5.74) is 5.39. The fourth-order valence-corrected chi connectivity index (χ4v) is 2.73. The number of aromatic amines is 1. The predicted molar refractivity (Wildman–Crippen MR) is 83.3 cm³/mol. The highest BCUT2D eigenvalue weighted by molar-refractivity contribution is 5.70. The average Bonchev–Trinajstić information content (AvgIpc) is 3.08. The van der Waals surface area contributed by atoms with Gasteiger partial charge in [0.2, 0.25) is 5.95 Å². The van der Waals surface area contributed by atoms with Crippen LogP contribution >= 0.6 is 0 Å². The molecule has 2 aromatic rings. The SMILES string of the molecule is CC(=O)OCC1C[C@@H](OC(C)=O)C(n2cnc3c(=O)[nH]c(N)nc32)O1. The summed E-state index contributed by atoms with van der Waals surface area (Å²) in [5.74, 6) is -0.996. The van der Waals surface area contributed by atoms with E-state index in [1.165, 1.54) is 24.7 Å².